The van der Waals surface area contributed by atoms with Gasteiger partial charge in [0.15, 0.2) is 5.78 Å². The van der Waals surface area contributed by atoms with Crippen molar-refractivity contribution in [3.8, 4) is 0 Å². The van der Waals surface area contributed by atoms with Gasteiger partial charge in [-0.15, -0.1) is 0 Å². The molecule has 2 aromatic rings. The van der Waals surface area contributed by atoms with Gasteiger partial charge in [-0.25, -0.2) is 14.6 Å². The Morgan fingerprint density at radius 2 is 1.37 bits per heavy atom. The maximum atomic E-state index is 11.8. The van der Waals surface area contributed by atoms with E-state index in [1.54, 1.807) is 6.92 Å². The first-order valence-corrected chi connectivity index (χ1v) is 8.41. The largest absolute Gasteiger partial charge is 0.549 e. The van der Waals surface area contributed by atoms with Gasteiger partial charge in [0.1, 0.15) is 0 Å². The van der Waals surface area contributed by atoms with E-state index in [1.807, 2.05) is 67.6 Å². The highest BCUT2D eigenvalue weighted by Crippen LogP contribution is 2.08. The Labute approximate surface area is 158 Å². The zero-order valence-corrected chi connectivity index (χ0v) is 15.3. The van der Waals surface area contributed by atoms with Crippen molar-refractivity contribution in [2.45, 2.75) is 20.3 Å². The summed E-state index contributed by atoms with van der Waals surface area (Å²) < 4.78 is 4.46. The number of carbonyl (C=O) groups is 3. The van der Waals surface area contributed by atoms with E-state index in [9.17, 15) is 14.4 Å². The first-order valence-electron chi connectivity index (χ1n) is 8.41. The third kappa shape index (κ3) is 9.02. The van der Waals surface area contributed by atoms with E-state index in [1.165, 1.54) is 6.08 Å². The molecule has 0 radical (unpaired) electrons. The van der Waals surface area contributed by atoms with Crippen molar-refractivity contribution in [2.75, 3.05) is 6.61 Å². The van der Waals surface area contributed by atoms with Gasteiger partial charge >= 0.3 is 12.1 Å². The van der Waals surface area contributed by atoms with Crippen LogP contribution in [0.5, 0.6) is 0 Å². The van der Waals surface area contributed by atoms with Crippen LogP contribution in [0.1, 0.15) is 36.2 Å². The van der Waals surface area contributed by atoms with Crippen LogP contribution >= 0.6 is 0 Å². The zero-order chi connectivity index (χ0) is 19.9. The molecule has 0 saturated carbocycles. The van der Waals surface area contributed by atoms with Crippen molar-refractivity contribution in [3.05, 3.63) is 83.9 Å². The summed E-state index contributed by atoms with van der Waals surface area (Å²) in [5, 5.41) is 0. The number of ether oxygens (including phenoxy) is 1. The first kappa shape index (κ1) is 21.6. The van der Waals surface area contributed by atoms with Crippen molar-refractivity contribution >= 4 is 17.9 Å². The molecule has 0 aliphatic rings. The lowest BCUT2D eigenvalue weighted by atomic mass is 10.0. The van der Waals surface area contributed by atoms with E-state index in [0.29, 0.717) is 6.42 Å². The highest BCUT2D eigenvalue weighted by Gasteiger charge is 2.07. The Morgan fingerprint density at radius 3 is 1.81 bits per heavy atom. The molecule has 142 valence electrons. The molecule has 0 N–H and O–H groups in total. The number of carbonyl (C=O) groups excluding carboxylic acids is 3. The standard InChI is InChI=1S/C13H10O.C8H12O5/c14-13(11-7-3-1-4-8-11)12-9-5-2-6-10-12;1-3-5-7(9)12-13-8(10)11-6-4-2/h1-10H;3,5H,4,6H2,1-2H3. The van der Waals surface area contributed by atoms with E-state index in [-0.39, 0.29) is 12.4 Å². The van der Waals surface area contributed by atoms with Crippen LogP contribution < -0.4 is 0 Å². The van der Waals surface area contributed by atoms with E-state index in [4.69, 9.17) is 0 Å². The molecule has 0 fully saturated rings. The fraction of sp³-hybridized carbons (Fsp3) is 0.190. The smallest absolute Gasteiger partial charge is 0.432 e. The monoisotopic (exact) mass is 370 g/mol. The molecule has 0 spiro atoms. The molecule has 0 aromatic heterocycles. The molecule has 2 rings (SSSR count). The van der Waals surface area contributed by atoms with Gasteiger partial charge in [0.2, 0.25) is 0 Å². The first-order chi connectivity index (χ1) is 13.1. The van der Waals surface area contributed by atoms with E-state index in [0.717, 1.165) is 17.2 Å². The predicted octanol–water partition coefficient (Wildman–Crippen LogP) is 4.50. The molecular formula is C21H22O6. The summed E-state index contributed by atoms with van der Waals surface area (Å²) in [6.45, 7) is 3.70. The van der Waals surface area contributed by atoms with Crippen molar-refractivity contribution in [1.82, 2.24) is 0 Å². The van der Waals surface area contributed by atoms with E-state index >= 15 is 0 Å². The van der Waals surface area contributed by atoms with Gasteiger partial charge in [-0.2, -0.15) is 4.79 Å². The normalized spacial score (nSPS) is 9.70. The average molecular weight is 370 g/mol. The quantitative estimate of drug-likeness (QED) is 0.253. The van der Waals surface area contributed by atoms with Gasteiger partial charge in [0.05, 0.1) is 6.61 Å². The van der Waals surface area contributed by atoms with Crippen LogP contribution in [0.25, 0.3) is 0 Å². The van der Waals surface area contributed by atoms with Gasteiger partial charge in [-0.3, -0.25) is 4.79 Å². The van der Waals surface area contributed by atoms with Crippen LogP contribution in [-0.2, 0) is 19.3 Å². The van der Waals surface area contributed by atoms with Crippen molar-refractivity contribution in [3.63, 3.8) is 0 Å². The molecule has 0 aliphatic heterocycles. The molecule has 0 saturated heterocycles. The molecule has 2 aromatic carbocycles. The van der Waals surface area contributed by atoms with Crippen LogP contribution in [0.4, 0.5) is 4.79 Å². The minimum atomic E-state index is -1.01. The van der Waals surface area contributed by atoms with Crippen LogP contribution in [-0.4, -0.2) is 24.5 Å². The number of hydrogen-bond donors (Lipinski definition) is 0. The van der Waals surface area contributed by atoms with E-state index < -0.39 is 12.1 Å². The summed E-state index contributed by atoms with van der Waals surface area (Å²) in [7, 11) is 0. The third-order valence-corrected chi connectivity index (χ3v) is 2.99. The fourth-order valence-electron chi connectivity index (χ4n) is 1.79. The predicted molar refractivity (Wildman–Crippen MR) is 99.9 cm³/mol. The minimum Gasteiger partial charge on any atom is -0.432 e. The number of benzene rings is 2. The fourth-order valence-corrected chi connectivity index (χ4v) is 1.79. The number of hydrogen-bond acceptors (Lipinski definition) is 6. The van der Waals surface area contributed by atoms with Crippen molar-refractivity contribution in [2.24, 2.45) is 0 Å². The summed E-state index contributed by atoms with van der Waals surface area (Å²) >= 11 is 0. The van der Waals surface area contributed by atoms with Gasteiger partial charge < -0.3 is 4.74 Å². The Morgan fingerprint density at radius 1 is 0.852 bits per heavy atom. The molecular weight excluding hydrogens is 348 g/mol. The Hall–Kier alpha value is -3.41. The van der Waals surface area contributed by atoms with Crippen LogP contribution in [0.15, 0.2) is 72.8 Å². The number of rotatable bonds is 5. The molecule has 0 unspecified atom stereocenters. The highest BCUT2D eigenvalue weighted by molar-refractivity contribution is 6.08. The van der Waals surface area contributed by atoms with Gasteiger partial charge in [-0.1, -0.05) is 73.7 Å². The summed E-state index contributed by atoms with van der Waals surface area (Å²) in [5.41, 5.74) is 1.47. The highest BCUT2D eigenvalue weighted by atomic mass is 17.2. The molecule has 0 aliphatic carbocycles. The van der Waals surface area contributed by atoms with Crippen molar-refractivity contribution in [1.29, 1.82) is 0 Å². The summed E-state index contributed by atoms with van der Waals surface area (Å²) in [6.07, 6.45) is 2.24. The lowest BCUT2D eigenvalue weighted by Crippen LogP contribution is -2.11. The maximum Gasteiger partial charge on any atom is 0.549 e. The Balaban J connectivity index is 0.000000271. The second-order valence-electron chi connectivity index (χ2n) is 5.15. The third-order valence-electron chi connectivity index (χ3n) is 2.99. The summed E-state index contributed by atoms with van der Waals surface area (Å²) in [6, 6.07) is 18.6. The topological polar surface area (TPSA) is 78.9 Å². The van der Waals surface area contributed by atoms with Crippen LogP contribution in [0.2, 0.25) is 0 Å². The second-order valence-corrected chi connectivity index (χ2v) is 5.15. The number of allylic oxidation sites excluding steroid dienone is 1. The Bertz CT molecular complexity index is 696. The summed E-state index contributed by atoms with van der Waals surface area (Å²) in [4.78, 5) is 41.0. The molecule has 27 heavy (non-hydrogen) atoms. The lowest BCUT2D eigenvalue weighted by molar-refractivity contribution is -0.238. The van der Waals surface area contributed by atoms with Gasteiger partial charge in [-0.05, 0) is 13.3 Å². The minimum absolute atomic E-state index is 0.0752. The molecule has 6 nitrogen and oxygen atoms in total. The molecule has 6 heteroatoms. The maximum absolute atomic E-state index is 11.8. The number of ketones is 1. The lowest BCUT2D eigenvalue weighted by Gasteiger charge is -2.00. The van der Waals surface area contributed by atoms with Gasteiger partial charge in [0, 0.05) is 17.2 Å². The average Bonchev–Trinajstić information content (AvgIpc) is 2.72. The van der Waals surface area contributed by atoms with Crippen molar-refractivity contribution < 1.29 is 28.9 Å². The van der Waals surface area contributed by atoms with Crippen LogP contribution in [0.3, 0.4) is 0 Å². The molecule has 0 amide bonds. The molecule has 0 atom stereocenters. The second kappa shape index (κ2) is 12.9. The van der Waals surface area contributed by atoms with Gasteiger partial charge in [0.25, 0.3) is 0 Å². The summed E-state index contributed by atoms with van der Waals surface area (Å²) in [5.74, 6) is -0.679. The molecule has 0 heterocycles. The SMILES string of the molecule is CC=CC(=O)OOC(=O)OCCC.O=C(c1ccccc1)c1ccccc1. The Kier molecular flexibility index (Phi) is 10.3. The van der Waals surface area contributed by atoms with Crippen LogP contribution in [0, 0.1) is 0 Å². The van der Waals surface area contributed by atoms with E-state index in [2.05, 4.69) is 14.5 Å². The zero-order valence-electron chi connectivity index (χ0n) is 15.3. The molecule has 0 bridgehead atoms.